The Labute approximate surface area is 105 Å². The number of carbonyl (C=O) groups excluding carboxylic acids is 1. The first-order chi connectivity index (χ1) is 7.81. The third-order valence-corrected chi connectivity index (χ3v) is 4.17. The zero-order chi connectivity index (χ0) is 11.4. The number of halogens is 1. The molecule has 2 rings (SSSR count). The summed E-state index contributed by atoms with van der Waals surface area (Å²) in [5.41, 5.74) is 0.936. The predicted octanol–water partition coefficient (Wildman–Crippen LogP) is 3.51. The third kappa shape index (κ3) is 2.71. The van der Waals surface area contributed by atoms with Crippen LogP contribution < -0.4 is 5.32 Å². The molecule has 86 valence electrons. The fraction of sp³-hybridized carbons (Fsp3) is 0.417. The van der Waals surface area contributed by atoms with Gasteiger partial charge in [-0.2, -0.15) is 0 Å². The van der Waals surface area contributed by atoms with Gasteiger partial charge in [0.25, 0.3) is 0 Å². The van der Waals surface area contributed by atoms with Crippen molar-refractivity contribution in [3.05, 3.63) is 24.3 Å². The van der Waals surface area contributed by atoms with Gasteiger partial charge in [0.1, 0.15) is 0 Å². The molecule has 16 heavy (non-hydrogen) atoms. The molecule has 1 N–H and O–H groups in total. The molecule has 0 bridgehead atoms. The maximum Gasteiger partial charge on any atom is 0.237 e. The van der Waals surface area contributed by atoms with Gasteiger partial charge >= 0.3 is 0 Å². The summed E-state index contributed by atoms with van der Waals surface area (Å²) in [6, 6.07) is 7.93. The van der Waals surface area contributed by atoms with Gasteiger partial charge < -0.3 is 5.32 Å². The van der Waals surface area contributed by atoms with E-state index in [1.807, 2.05) is 24.3 Å². The molecule has 2 nitrogen and oxygen atoms in total. The fourth-order valence-electron chi connectivity index (χ4n) is 1.71. The predicted molar refractivity (Wildman–Crippen MR) is 69.3 cm³/mol. The number of benzene rings is 1. The maximum atomic E-state index is 11.8. The highest BCUT2D eigenvalue weighted by Gasteiger charge is 2.25. The molecule has 1 heterocycles. The van der Waals surface area contributed by atoms with Crippen molar-refractivity contribution in [3.8, 4) is 0 Å². The Morgan fingerprint density at radius 3 is 2.94 bits per heavy atom. The molecule has 0 fully saturated rings. The van der Waals surface area contributed by atoms with Crippen molar-refractivity contribution in [2.24, 2.45) is 0 Å². The van der Waals surface area contributed by atoms with Crippen molar-refractivity contribution < 1.29 is 4.79 Å². The highest BCUT2D eigenvalue weighted by atomic mass is 35.5. The number of thioether (sulfide) groups is 1. The number of fused-ring (bicyclic) bond motifs is 1. The number of anilines is 1. The molecule has 4 heteroatoms. The van der Waals surface area contributed by atoms with E-state index in [4.69, 9.17) is 11.6 Å². The maximum absolute atomic E-state index is 11.8. The minimum atomic E-state index is 0.0399. The van der Waals surface area contributed by atoms with Gasteiger partial charge in [-0.15, -0.1) is 23.4 Å². The minimum absolute atomic E-state index is 0.0399. The summed E-state index contributed by atoms with van der Waals surface area (Å²) in [5, 5.41) is 2.98. The van der Waals surface area contributed by atoms with Crippen LogP contribution in [0.15, 0.2) is 29.2 Å². The van der Waals surface area contributed by atoms with E-state index >= 15 is 0 Å². The van der Waals surface area contributed by atoms with Crippen molar-refractivity contribution in [3.63, 3.8) is 0 Å². The first kappa shape index (κ1) is 11.8. The molecule has 0 saturated heterocycles. The number of alkyl halides is 1. The van der Waals surface area contributed by atoms with Gasteiger partial charge in [0.2, 0.25) is 5.91 Å². The summed E-state index contributed by atoms with van der Waals surface area (Å²) in [4.78, 5) is 13.0. The highest BCUT2D eigenvalue weighted by Crippen LogP contribution is 2.37. The van der Waals surface area contributed by atoms with Gasteiger partial charge in [0.15, 0.2) is 0 Å². The van der Waals surface area contributed by atoms with Crippen molar-refractivity contribution in [1.82, 2.24) is 0 Å². The number of carbonyl (C=O) groups is 1. The summed E-state index contributed by atoms with van der Waals surface area (Å²) >= 11 is 7.29. The van der Waals surface area contributed by atoms with Crippen LogP contribution >= 0.6 is 23.4 Å². The van der Waals surface area contributed by atoms with E-state index in [2.05, 4.69) is 5.32 Å². The molecule has 1 aromatic carbocycles. The fourth-order valence-corrected chi connectivity index (χ4v) is 3.06. The molecule has 0 aromatic heterocycles. The Morgan fingerprint density at radius 1 is 1.31 bits per heavy atom. The van der Waals surface area contributed by atoms with Gasteiger partial charge in [0.05, 0.1) is 10.9 Å². The Kier molecular flexibility index (Phi) is 4.13. The second kappa shape index (κ2) is 5.60. The van der Waals surface area contributed by atoms with E-state index in [0.717, 1.165) is 29.8 Å². The van der Waals surface area contributed by atoms with Crippen LogP contribution in [0.2, 0.25) is 0 Å². The Hall–Kier alpha value is -0.670. The van der Waals surface area contributed by atoms with Crippen LogP contribution in [-0.4, -0.2) is 17.0 Å². The first-order valence-electron chi connectivity index (χ1n) is 5.44. The largest absolute Gasteiger partial charge is 0.324 e. The SMILES string of the molecule is O=C1Nc2ccccc2SC1CCCCCl. The Balaban J connectivity index is 2.01. The molecule has 0 aliphatic carbocycles. The van der Waals surface area contributed by atoms with Crippen LogP contribution in [0.3, 0.4) is 0 Å². The second-order valence-electron chi connectivity index (χ2n) is 3.78. The highest BCUT2D eigenvalue weighted by molar-refractivity contribution is 8.01. The molecule has 0 radical (unpaired) electrons. The molecule has 1 aliphatic heterocycles. The van der Waals surface area contributed by atoms with Crippen LogP contribution in [0.5, 0.6) is 0 Å². The number of unbranched alkanes of at least 4 members (excludes halogenated alkanes) is 1. The van der Waals surface area contributed by atoms with Crippen LogP contribution in [0.25, 0.3) is 0 Å². The molecular formula is C12H14ClNOS. The van der Waals surface area contributed by atoms with Gasteiger partial charge in [-0.25, -0.2) is 0 Å². The van der Waals surface area contributed by atoms with E-state index in [1.54, 1.807) is 11.8 Å². The summed E-state index contributed by atoms with van der Waals surface area (Å²) < 4.78 is 0. The number of amides is 1. The summed E-state index contributed by atoms with van der Waals surface area (Å²) in [5.74, 6) is 0.800. The molecule has 1 amide bonds. The van der Waals surface area contributed by atoms with E-state index in [1.165, 1.54) is 0 Å². The van der Waals surface area contributed by atoms with Gasteiger partial charge in [-0.3, -0.25) is 4.79 Å². The molecule has 1 aromatic rings. The lowest BCUT2D eigenvalue weighted by molar-refractivity contribution is -0.115. The van der Waals surface area contributed by atoms with Crippen LogP contribution in [0.4, 0.5) is 5.69 Å². The number of rotatable bonds is 4. The lowest BCUT2D eigenvalue weighted by Gasteiger charge is -2.23. The minimum Gasteiger partial charge on any atom is -0.324 e. The van der Waals surface area contributed by atoms with Crippen LogP contribution in [0, 0.1) is 0 Å². The average Bonchev–Trinajstić information content (AvgIpc) is 2.30. The second-order valence-corrected chi connectivity index (χ2v) is 5.40. The monoisotopic (exact) mass is 255 g/mol. The van der Waals surface area contributed by atoms with Crippen molar-refractivity contribution in [1.29, 1.82) is 0 Å². The third-order valence-electron chi connectivity index (χ3n) is 2.56. The Morgan fingerprint density at radius 2 is 2.12 bits per heavy atom. The zero-order valence-corrected chi connectivity index (χ0v) is 10.5. The smallest absolute Gasteiger partial charge is 0.237 e. The number of para-hydroxylation sites is 1. The lowest BCUT2D eigenvalue weighted by atomic mass is 10.2. The first-order valence-corrected chi connectivity index (χ1v) is 6.85. The van der Waals surface area contributed by atoms with Crippen LogP contribution in [0.1, 0.15) is 19.3 Å². The zero-order valence-electron chi connectivity index (χ0n) is 8.91. The quantitative estimate of drug-likeness (QED) is 0.659. The van der Waals surface area contributed by atoms with Crippen molar-refractivity contribution >= 4 is 35.0 Å². The van der Waals surface area contributed by atoms with Crippen molar-refractivity contribution in [2.75, 3.05) is 11.2 Å². The summed E-state index contributed by atoms with van der Waals surface area (Å²) in [6.07, 6.45) is 2.89. The van der Waals surface area contributed by atoms with E-state index in [9.17, 15) is 4.79 Å². The molecule has 1 aliphatic rings. The van der Waals surface area contributed by atoms with E-state index in [-0.39, 0.29) is 11.2 Å². The molecule has 1 unspecified atom stereocenters. The number of hydrogen-bond acceptors (Lipinski definition) is 2. The standard InChI is InChI=1S/C12H14ClNOS/c13-8-4-3-7-11-12(15)14-9-5-1-2-6-10(9)16-11/h1-2,5-6,11H,3-4,7-8H2,(H,14,15). The molecule has 0 spiro atoms. The summed E-state index contributed by atoms with van der Waals surface area (Å²) in [6.45, 7) is 0. The van der Waals surface area contributed by atoms with E-state index in [0.29, 0.717) is 5.88 Å². The lowest BCUT2D eigenvalue weighted by Crippen LogP contribution is -2.28. The van der Waals surface area contributed by atoms with Crippen LogP contribution in [-0.2, 0) is 4.79 Å². The Bertz CT molecular complexity index is 383. The average molecular weight is 256 g/mol. The van der Waals surface area contributed by atoms with Gasteiger partial charge in [-0.05, 0) is 25.0 Å². The number of nitrogens with one attached hydrogen (secondary N) is 1. The molecular weight excluding hydrogens is 242 g/mol. The molecule has 0 saturated carbocycles. The van der Waals surface area contributed by atoms with Gasteiger partial charge in [-0.1, -0.05) is 18.6 Å². The summed E-state index contributed by atoms with van der Waals surface area (Å²) in [7, 11) is 0. The number of hydrogen-bond donors (Lipinski definition) is 1. The topological polar surface area (TPSA) is 29.1 Å². The van der Waals surface area contributed by atoms with E-state index < -0.39 is 0 Å². The van der Waals surface area contributed by atoms with Gasteiger partial charge in [0, 0.05) is 10.8 Å². The van der Waals surface area contributed by atoms with Crippen molar-refractivity contribution in [2.45, 2.75) is 29.4 Å². The normalized spacial score (nSPS) is 19.1. The molecule has 1 atom stereocenters.